The van der Waals surface area contributed by atoms with Crippen molar-refractivity contribution in [3.05, 3.63) is 36.4 Å². The zero-order chi connectivity index (χ0) is 7.56. The Morgan fingerprint density at radius 2 is 1.83 bits per heavy atom. The molecule has 0 radical (unpaired) electrons. The Hall–Kier alpha value is 0.616. The second kappa shape index (κ2) is 7.06. The van der Waals surface area contributed by atoms with E-state index in [9.17, 15) is 0 Å². The summed E-state index contributed by atoms with van der Waals surface area (Å²) in [5.41, 5.74) is 2.32. The molecule has 12 heavy (non-hydrogen) atoms. The van der Waals surface area contributed by atoms with E-state index in [1.54, 1.807) is 0 Å². The second-order valence-electron chi connectivity index (χ2n) is 2.41. The van der Waals surface area contributed by atoms with E-state index in [1.807, 2.05) is 26.0 Å². The molecule has 0 bridgehead atoms. The van der Waals surface area contributed by atoms with E-state index in [1.165, 1.54) is 5.56 Å². The van der Waals surface area contributed by atoms with Crippen LogP contribution >= 0.6 is 0 Å². The van der Waals surface area contributed by atoms with Crippen molar-refractivity contribution >= 4 is 0 Å². The molecule has 2 nitrogen and oxygen atoms in total. The van der Waals surface area contributed by atoms with E-state index in [0.717, 1.165) is 11.3 Å². The third-order valence-corrected chi connectivity index (χ3v) is 1.50. The van der Waals surface area contributed by atoms with Crippen molar-refractivity contribution in [2.75, 3.05) is 0 Å². The van der Waals surface area contributed by atoms with Gasteiger partial charge in [-0.2, -0.15) is 7.11 Å². The van der Waals surface area contributed by atoms with Crippen molar-refractivity contribution in [3.8, 4) is 5.75 Å². The van der Waals surface area contributed by atoms with Crippen LogP contribution in [0, 0.1) is 21.0 Å². The number of ether oxygens (including phenoxy) is 1. The zero-order valence-corrected chi connectivity index (χ0v) is 11.0. The van der Waals surface area contributed by atoms with Gasteiger partial charge in [0.2, 0.25) is 0 Å². The molecule has 0 aliphatic carbocycles. The van der Waals surface area contributed by atoms with Crippen molar-refractivity contribution in [2.45, 2.75) is 13.8 Å². The van der Waals surface area contributed by atoms with Gasteiger partial charge in [0.1, 0.15) is 0 Å². The molecule has 0 aliphatic rings. The van der Waals surface area contributed by atoms with E-state index < -0.39 is 0 Å². The van der Waals surface area contributed by atoms with Gasteiger partial charge >= 0.3 is 51.4 Å². The molecule has 62 valence electrons. The number of benzene rings is 1. The van der Waals surface area contributed by atoms with Gasteiger partial charge in [-0.3, -0.25) is 0 Å². The fraction of sp³-hybridized carbons (Fsp3) is 0.222. The van der Waals surface area contributed by atoms with Crippen LogP contribution in [0.4, 0.5) is 0 Å². The molecule has 1 aromatic rings. The smallest absolute Gasteiger partial charge is 0.665 e. The molecule has 0 saturated carbocycles. The minimum atomic E-state index is 0. The average Bonchev–Trinajstić information content (AvgIpc) is 1.94. The minimum absolute atomic E-state index is 0. The number of hydrogen-bond acceptors (Lipinski definition) is 1. The van der Waals surface area contributed by atoms with Gasteiger partial charge < -0.3 is 10.2 Å². The zero-order valence-electron chi connectivity index (χ0n) is 7.85. The first kappa shape index (κ1) is 15.1. The van der Waals surface area contributed by atoms with Crippen LogP contribution in [0.1, 0.15) is 11.1 Å². The van der Waals surface area contributed by atoms with Crippen molar-refractivity contribution in [2.24, 2.45) is 0 Å². The molecule has 0 aliphatic heterocycles. The van der Waals surface area contributed by atoms with Gasteiger partial charge in [-0.05, 0) is 31.0 Å². The predicted molar refractivity (Wildman–Crippen MR) is 45.5 cm³/mol. The SMILES string of the molecule is O.[CH2-]Oc1cc(C)ccc1C.[K+]. The monoisotopic (exact) mass is 192 g/mol. The Balaban J connectivity index is 0. The van der Waals surface area contributed by atoms with Gasteiger partial charge in [0.15, 0.2) is 0 Å². The fourth-order valence-corrected chi connectivity index (χ4v) is 0.863. The van der Waals surface area contributed by atoms with Crippen LogP contribution in [-0.4, -0.2) is 5.48 Å². The molecule has 0 heterocycles. The Labute approximate surface area is 116 Å². The van der Waals surface area contributed by atoms with Crippen LogP contribution in [0.25, 0.3) is 0 Å². The summed E-state index contributed by atoms with van der Waals surface area (Å²) < 4.78 is 4.88. The van der Waals surface area contributed by atoms with Gasteiger partial charge in [-0.1, -0.05) is 12.1 Å². The first-order chi connectivity index (χ1) is 4.74. The Morgan fingerprint density at radius 3 is 2.25 bits per heavy atom. The summed E-state index contributed by atoms with van der Waals surface area (Å²) in [5, 5.41) is 0. The van der Waals surface area contributed by atoms with E-state index in [0.29, 0.717) is 0 Å². The minimum Gasteiger partial charge on any atom is -0.665 e. The van der Waals surface area contributed by atoms with Crippen LogP contribution in [0.2, 0.25) is 0 Å². The summed E-state index contributed by atoms with van der Waals surface area (Å²) in [5.74, 6) is 0.861. The molecule has 0 unspecified atom stereocenters. The Morgan fingerprint density at radius 1 is 1.25 bits per heavy atom. The van der Waals surface area contributed by atoms with E-state index in [4.69, 9.17) is 4.74 Å². The summed E-state index contributed by atoms with van der Waals surface area (Å²) >= 11 is 0. The molecule has 1 rings (SSSR count). The van der Waals surface area contributed by atoms with Crippen molar-refractivity contribution in [1.29, 1.82) is 0 Å². The van der Waals surface area contributed by atoms with Gasteiger partial charge in [-0.25, -0.2) is 0 Å². The molecule has 0 aromatic heterocycles. The average molecular weight is 192 g/mol. The predicted octanol–water partition coefficient (Wildman–Crippen LogP) is -1.35. The Kier molecular flexibility index (Phi) is 8.89. The quantitative estimate of drug-likeness (QED) is 0.401. The van der Waals surface area contributed by atoms with Gasteiger partial charge in [-0.15, -0.1) is 0 Å². The number of rotatable bonds is 1. The van der Waals surface area contributed by atoms with Gasteiger partial charge in [0, 0.05) is 0 Å². The van der Waals surface area contributed by atoms with Crippen molar-refractivity contribution < 1.29 is 61.6 Å². The summed E-state index contributed by atoms with van der Waals surface area (Å²) in [6.07, 6.45) is 0. The summed E-state index contributed by atoms with van der Waals surface area (Å²) in [6.45, 7) is 4.03. The first-order valence-electron chi connectivity index (χ1n) is 3.23. The van der Waals surface area contributed by atoms with Gasteiger partial charge in [0.25, 0.3) is 0 Å². The summed E-state index contributed by atoms with van der Waals surface area (Å²) in [7, 11) is 3.36. The molecular formula is C9H13KO2. The van der Waals surface area contributed by atoms with E-state index >= 15 is 0 Å². The molecule has 0 amide bonds. The van der Waals surface area contributed by atoms with Crippen LogP contribution in [0.5, 0.6) is 5.75 Å². The molecule has 0 fully saturated rings. The van der Waals surface area contributed by atoms with E-state index in [2.05, 4.69) is 13.2 Å². The fourth-order valence-electron chi connectivity index (χ4n) is 0.863. The maximum atomic E-state index is 4.88. The molecule has 2 N–H and O–H groups in total. The molecule has 0 spiro atoms. The standard InChI is InChI=1S/C9H11O.K.H2O/c1-7-4-5-8(2)9(6-7)10-3;;/h4-6H,3H2,1-2H3;;1H2/q-1;+1;. The third-order valence-electron chi connectivity index (χ3n) is 1.50. The molecule has 3 heteroatoms. The molecule has 0 atom stereocenters. The van der Waals surface area contributed by atoms with Crippen molar-refractivity contribution in [1.82, 2.24) is 0 Å². The molecule has 1 aromatic carbocycles. The summed E-state index contributed by atoms with van der Waals surface area (Å²) in [4.78, 5) is 0. The molecular weight excluding hydrogens is 179 g/mol. The van der Waals surface area contributed by atoms with E-state index in [-0.39, 0.29) is 56.9 Å². The maximum Gasteiger partial charge on any atom is 1.00 e. The normalized spacial score (nSPS) is 7.92. The largest absolute Gasteiger partial charge is 1.00 e. The van der Waals surface area contributed by atoms with Crippen LogP contribution < -0.4 is 56.1 Å². The third kappa shape index (κ3) is 4.03. The van der Waals surface area contributed by atoms with Crippen LogP contribution in [0.15, 0.2) is 18.2 Å². The second-order valence-corrected chi connectivity index (χ2v) is 2.41. The number of hydrogen-bond donors (Lipinski definition) is 0. The van der Waals surface area contributed by atoms with Crippen LogP contribution in [-0.2, 0) is 0 Å². The topological polar surface area (TPSA) is 40.7 Å². The number of aryl methyl sites for hydroxylation is 2. The maximum absolute atomic E-state index is 4.88. The molecule has 0 saturated heterocycles. The van der Waals surface area contributed by atoms with Crippen molar-refractivity contribution in [3.63, 3.8) is 0 Å². The van der Waals surface area contributed by atoms with Crippen LogP contribution in [0.3, 0.4) is 0 Å². The Bertz CT molecular complexity index is 236. The first-order valence-corrected chi connectivity index (χ1v) is 3.23. The summed E-state index contributed by atoms with van der Waals surface area (Å²) in [6, 6.07) is 6.05. The van der Waals surface area contributed by atoms with Gasteiger partial charge in [0.05, 0.1) is 5.75 Å².